The number of anilines is 1. The van der Waals surface area contributed by atoms with Gasteiger partial charge in [0.1, 0.15) is 0 Å². The topological polar surface area (TPSA) is 75.2 Å². The summed E-state index contributed by atoms with van der Waals surface area (Å²) in [5.74, 6) is -0.988. The molecule has 0 aliphatic rings. The number of halogens is 1. The Kier molecular flexibility index (Phi) is 5.97. The van der Waals surface area contributed by atoms with Gasteiger partial charge in [-0.15, -0.1) is 0 Å². The molecule has 0 fully saturated rings. The largest absolute Gasteiger partial charge is 0.348 e. The Balaban J connectivity index is 1.71. The maximum atomic E-state index is 13.5. The SMILES string of the molecule is CC(=O)N(C)c1ccc(-c2ccc(C(=O)NCc3cccnc3F)cn2)cc1C. The first-order valence-electron chi connectivity index (χ1n) is 9.06. The molecule has 2 amide bonds. The summed E-state index contributed by atoms with van der Waals surface area (Å²) in [6.45, 7) is 3.49. The van der Waals surface area contributed by atoms with E-state index in [1.54, 1.807) is 36.2 Å². The van der Waals surface area contributed by atoms with Crippen molar-refractivity contribution in [2.24, 2.45) is 0 Å². The molecule has 1 aromatic carbocycles. The van der Waals surface area contributed by atoms with Gasteiger partial charge in [-0.3, -0.25) is 14.6 Å². The summed E-state index contributed by atoms with van der Waals surface area (Å²) >= 11 is 0. The number of aromatic nitrogens is 2. The van der Waals surface area contributed by atoms with Crippen molar-refractivity contribution in [3.05, 3.63) is 77.5 Å². The van der Waals surface area contributed by atoms with Crippen LogP contribution in [0.2, 0.25) is 0 Å². The molecule has 0 aliphatic heterocycles. The van der Waals surface area contributed by atoms with Gasteiger partial charge in [0.2, 0.25) is 11.9 Å². The number of hydrogen-bond donors (Lipinski definition) is 1. The molecule has 0 saturated heterocycles. The Hall–Kier alpha value is -3.61. The quantitative estimate of drug-likeness (QED) is 0.675. The summed E-state index contributed by atoms with van der Waals surface area (Å²) in [6.07, 6.45) is 2.84. The van der Waals surface area contributed by atoms with Crippen LogP contribution in [0, 0.1) is 12.9 Å². The Bertz CT molecular complexity index is 1050. The van der Waals surface area contributed by atoms with E-state index in [4.69, 9.17) is 0 Å². The van der Waals surface area contributed by atoms with Crippen LogP contribution in [0.4, 0.5) is 10.1 Å². The molecule has 2 heterocycles. The van der Waals surface area contributed by atoms with E-state index in [0.29, 0.717) is 16.8 Å². The second-order valence-corrected chi connectivity index (χ2v) is 6.65. The van der Waals surface area contributed by atoms with Crippen LogP contribution in [0.15, 0.2) is 54.9 Å². The minimum absolute atomic E-state index is 0.0412. The van der Waals surface area contributed by atoms with Gasteiger partial charge in [0.15, 0.2) is 0 Å². The van der Waals surface area contributed by atoms with E-state index in [9.17, 15) is 14.0 Å². The maximum Gasteiger partial charge on any atom is 0.253 e. The highest BCUT2D eigenvalue weighted by Gasteiger charge is 2.12. The van der Waals surface area contributed by atoms with Crippen molar-refractivity contribution in [3.63, 3.8) is 0 Å². The van der Waals surface area contributed by atoms with Crippen molar-refractivity contribution >= 4 is 17.5 Å². The lowest BCUT2D eigenvalue weighted by Gasteiger charge is -2.18. The number of nitrogens with one attached hydrogen (secondary N) is 1. The van der Waals surface area contributed by atoms with Crippen LogP contribution >= 0.6 is 0 Å². The Morgan fingerprint density at radius 1 is 1.14 bits per heavy atom. The fourth-order valence-corrected chi connectivity index (χ4v) is 2.89. The summed E-state index contributed by atoms with van der Waals surface area (Å²) in [6, 6.07) is 12.3. The third-order valence-corrected chi connectivity index (χ3v) is 4.63. The molecule has 0 spiro atoms. The fourth-order valence-electron chi connectivity index (χ4n) is 2.89. The van der Waals surface area contributed by atoms with Crippen LogP contribution in [0.1, 0.15) is 28.4 Å². The van der Waals surface area contributed by atoms with E-state index in [1.165, 1.54) is 19.3 Å². The van der Waals surface area contributed by atoms with Crippen molar-refractivity contribution in [3.8, 4) is 11.3 Å². The minimum atomic E-state index is -0.601. The molecule has 3 rings (SSSR count). The summed E-state index contributed by atoms with van der Waals surface area (Å²) < 4.78 is 13.5. The Labute approximate surface area is 168 Å². The lowest BCUT2D eigenvalue weighted by Crippen LogP contribution is -2.23. The average Bonchev–Trinajstić information content (AvgIpc) is 2.72. The maximum absolute atomic E-state index is 13.5. The Morgan fingerprint density at radius 3 is 2.55 bits per heavy atom. The van der Waals surface area contributed by atoms with Gasteiger partial charge in [0.05, 0.1) is 11.3 Å². The van der Waals surface area contributed by atoms with Crippen LogP contribution in [-0.4, -0.2) is 28.8 Å². The van der Waals surface area contributed by atoms with Gasteiger partial charge >= 0.3 is 0 Å². The first-order chi connectivity index (χ1) is 13.9. The van der Waals surface area contributed by atoms with Crippen molar-refractivity contribution in [1.29, 1.82) is 0 Å². The zero-order valence-electron chi connectivity index (χ0n) is 16.4. The molecule has 1 N–H and O–H groups in total. The normalized spacial score (nSPS) is 10.5. The summed E-state index contributed by atoms with van der Waals surface area (Å²) in [5, 5.41) is 2.66. The number of carbonyl (C=O) groups is 2. The third kappa shape index (κ3) is 4.63. The van der Waals surface area contributed by atoms with Crippen LogP contribution < -0.4 is 10.2 Å². The predicted octanol–water partition coefficient (Wildman–Crippen LogP) is 3.50. The number of hydrogen-bond acceptors (Lipinski definition) is 4. The molecule has 148 valence electrons. The molecule has 6 nitrogen and oxygen atoms in total. The van der Waals surface area contributed by atoms with E-state index in [2.05, 4.69) is 15.3 Å². The molecule has 7 heteroatoms. The second kappa shape index (κ2) is 8.60. The van der Waals surface area contributed by atoms with Crippen molar-refractivity contribution < 1.29 is 14.0 Å². The molecule has 0 atom stereocenters. The lowest BCUT2D eigenvalue weighted by atomic mass is 10.1. The number of nitrogens with zero attached hydrogens (tertiary/aromatic N) is 3. The second-order valence-electron chi connectivity index (χ2n) is 6.65. The molecular weight excluding hydrogens is 371 g/mol. The molecular formula is C22H21FN4O2. The highest BCUT2D eigenvalue weighted by atomic mass is 19.1. The van der Waals surface area contributed by atoms with Gasteiger partial charge in [-0.25, -0.2) is 4.98 Å². The number of amides is 2. The summed E-state index contributed by atoms with van der Waals surface area (Å²) in [5.41, 5.74) is 4.06. The van der Waals surface area contributed by atoms with Gasteiger partial charge in [0, 0.05) is 49.7 Å². The molecule has 0 saturated carbocycles. The number of rotatable bonds is 5. The monoisotopic (exact) mass is 392 g/mol. The van der Waals surface area contributed by atoms with Crippen LogP contribution in [0.5, 0.6) is 0 Å². The summed E-state index contributed by atoms with van der Waals surface area (Å²) in [4.78, 5) is 33.4. The molecule has 0 radical (unpaired) electrons. The van der Waals surface area contributed by atoms with Gasteiger partial charge < -0.3 is 10.2 Å². The first-order valence-corrected chi connectivity index (χ1v) is 9.06. The van der Waals surface area contributed by atoms with Crippen LogP contribution in [-0.2, 0) is 11.3 Å². The highest BCUT2D eigenvalue weighted by Crippen LogP contribution is 2.25. The van der Waals surface area contributed by atoms with Gasteiger partial charge in [0.25, 0.3) is 5.91 Å². The number of carbonyl (C=O) groups excluding carboxylic acids is 2. The number of aryl methyl sites for hydroxylation is 1. The van der Waals surface area contributed by atoms with Gasteiger partial charge in [-0.2, -0.15) is 4.39 Å². The van der Waals surface area contributed by atoms with Crippen molar-refractivity contribution in [2.45, 2.75) is 20.4 Å². The Morgan fingerprint density at radius 2 is 1.93 bits per heavy atom. The highest BCUT2D eigenvalue weighted by molar-refractivity contribution is 5.94. The van der Waals surface area contributed by atoms with Gasteiger partial charge in [-0.05, 0) is 42.8 Å². The molecule has 3 aromatic rings. The molecule has 0 bridgehead atoms. The van der Waals surface area contributed by atoms with E-state index in [1.807, 2.05) is 25.1 Å². The van der Waals surface area contributed by atoms with E-state index >= 15 is 0 Å². The minimum Gasteiger partial charge on any atom is -0.348 e. The zero-order chi connectivity index (χ0) is 21.0. The average molecular weight is 392 g/mol. The van der Waals surface area contributed by atoms with Crippen LogP contribution in [0.25, 0.3) is 11.3 Å². The van der Waals surface area contributed by atoms with Crippen molar-refractivity contribution in [1.82, 2.24) is 15.3 Å². The zero-order valence-corrected chi connectivity index (χ0v) is 16.4. The molecule has 0 unspecified atom stereocenters. The fraction of sp³-hybridized carbons (Fsp3) is 0.182. The molecule has 2 aromatic heterocycles. The number of benzene rings is 1. The third-order valence-electron chi connectivity index (χ3n) is 4.63. The standard InChI is InChI=1S/C22H21FN4O2/c1-14-11-16(7-9-20(14)27(3)15(2)28)19-8-6-18(13-25-19)22(29)26-12-17-5-4-10-24-21(17)23/h4-11,13H,12H2,1-3H3,(H,26,29). The van der Waals surface area contributed by atoms with Crippen molar-refractivity contribution in [2.75, 3.05) is 11.9 Å². The molecule has 0 aliphatic carbocycles. The predicted molar refractivity (Wildman–Crippen MR) is 109 cm³/mol. The van der Waals surface area contributed by atoms with Crippen LogP contribution in [0.3, 0.4) is 0 Å². The van der Waals surface area contributed by atoms with E-state index < -0.39 is 5.95 Å². The first kappa shape index (κ1) is 20.1. The van der Waals surface area contributed by atoms with E-state index in [0.717, 1.165) is 16.8 Å². The smallest absolute Gasteiger partial charge is 0.253 e. The van der Waals surface area contributed by atoms with E-state index in [-0.39, 0.29) is 18.4 Å². The number of pyridine rings is 2. The lowest BCUT2D eigenvalue weighted by molar-refractivity contribution is -0.116. The summed E-state index contributed by atoms with van der Waals surface area (Å²) in [7, 11) is 1.73. The van der Waals surface area contributed by atoms with Gasteiger partial charge in [-0.1, -0.05) is 12.1 Å². The molecule has 29 heavy (non-hydrogen) atoms.